The molecule has 10 aromatic carbocycles. The zero-order valence-electron chi connectivity index (χ0n) is 71.6. The van der Waals surface area contributed by atoms with Gasteiger partial charge in [-0.15, -0.1) is 51.0 Å². The highest BCUT2D eigenvalue weighted by Crippen LogP contribution is 2.35. The van der Waals surface area contributed by atoms with Crippen molar-refractivity contribution in [3.05, 3.63) is 297 Å². The van der Waals surface area contributed by atoms with Crippen molar-refractivity contribution in [2.24, 2.45) is 35.2 Å². The van der Waals surface area contributed by atoms with Crippen LogP contribution in [0.4, 0.5) is 26.3 Å². The van der Waals surface area contributed by atoms with Crippen molar-refractivity contribution >= 4 is 52.7 Å². The van der Waals surface area contributed by atoms with Gasteiger partial charge in [0.15, 0.2) is 0 Å². The summed E-state index contributed by atoms with van der Waals surface area (Å²) in [5.74, 6) is 1.68. The molecule has 0 aliphatic carbocycles. The number of hydrogen-bond donors (Lipinski definition) is 5. The Morgan fingerprint density at radius 1 is 0.323 bits per heavy atom. The van der Waals surface area contributed by atoms with Crippen LogP contribution in [0.15, 0.2) is 250 Å². The van der Waals surface area contributed by atoms with Crippen LogP contribution in [0.1, 0.15) is 66.8 Å². The van der Waals surface area contributed by atoms with Gasteiger partial charge in [0, 0.05) is 41.9 Å². The highest BCUT2D eigenvalue weighted by atomic mass is 32.2. The second-order valence-electron chi connectivity index (χ2n) is 29.2. The maximum Gasteiger partial charge on any atom is 0.488 e. The molecule has 678 valence electrons. The Labute approximate surface area is 745 Å². The van der Waals surface area contributed by atoms with E-state index in [-0.39, 0.29) is 49.5 Å². The van der Waals surface area contributed by atoms with E-state index in [0.717, 1.165) is 79.5 Å². The smallest absolute Gasteiger partial charge is 0.423 e. The predicted octanol–water partition coefficient (Wildman–Crippen LogP) is 8.61. The average Bonchev–Trinajstić information content (AvgIpc) is 1.39. The van der Waals surface area contributed by atoms with Gasteiger partial charge in [0.2, 0.25) is 69.2 Å². The highest BCUT2D eigenvalue weighted by molar-refractivity contribution is 7.90. The standard InChI is InChI=1S/C18H21N5O2S.C17H16F3N5O2S.2C17H19N5O2S.C16H14BF3N4O2/c1-22(2)26(24,25)16-12-11-15(10-9-14-7-5-4-6-8-14)17(13-16)18-19-21-23(3)20-18;1-21-28(26,27)14-7-6-12(15(10-14)16-22-24-25(2)23-16)8-11-4-3-5-13(9-11)17(18,19)20;2*1-18-25(23,24)15-11-10-14(9-8-13-6-4-3-5-7-13)16(12-15)17-19-21-22(2)20-17;1-24-22-15(21-23-24)14-9-13(17(25)26)6-5-11(14)7-10-3-2-4-12(8-10)16(18,19)20/h4-8,11-13H,9-10H2,1-3H3;3-7,9-10,21H,8H2,1-2H3;2*3-7,10-12,18H,8-9H2,1-2H3;2-6,8-9,25-26H,7H2,1H3. The van der Waals surface area contributed by atoms with Gasteiger partial charge in [-0.2, -0.15) is 50.3 Å². The van der Waals surface area contributed by atoms with Gasteiger partial charge in [-0.3, -0.25) is 0 Å². The van der Waals surface area contributed by atoms with E-state index < -0.39 is 70.7 Å². The maximum atomic E-state index is 13.0. The van der Waals surface area contributed by atoms with Crippen molar-refractivity contribution in [3.63, 3.8) is 0 Å². The van der Waals surface area contributed by atoms with Crippen molar-refractivity contribution in [2.75, 3.05) is 35.2 Å². The lowest BCUT2D eigenvalue weighted by molar-refractivity contribution is -0.138. The second-order valence-corrected chi connectivity index (χ2v) is 37.0. The molecule has 5 N–H and O–H groups in total. The molecule has 0 spiro atoms. The van der Waals surface area contributed by atoms with E-state index in [0.29, 0.717) is 67.5 Å². The van der Waals surface area contributed by atoms with E-state index in [2.05, 4.69) is 128 Å². The lowest BCUT2D eigenvalue weighted by Crippen LogP contribution is -2.30. The quantitative estimate of drug-likeness (QED) is 0.0237. The van der Waals surface area contributed by atoms with Crippen molar-refractivity contribution < 1.29 is 70.1 Å². The molecule has 5 aromatic heterocycles. The first kappa shape index (κ1) is 97.4. The number of rotatable bonds is 27. The van der Waals surface area contributed by atoms with Gasteiger partial charge in [-0.25, -0.2) is 52.1 Å². The first-order valence-electron chi connectivity index (χ1n) is 39.6. The van der Waals surface area contributed by atoms with E-state index in [9.17, 15) is 70.1 Å². The molecule has 0 saturated carbocycles. The Hall–Kier alpha value is -13.2. The first-order chi connectivity index (χ1) is 61.7. The van der Waals surface area contributed by atoms with Crippen LogP contribution in [0, 0.1) is 0 Å². The number of tetrazole rings is 5. The Morgan fingerprint density at radius 3 is 0.854 bits per heavy atom. The van der Waals surface area contributed by atoms with Crippen molar-refractivity contribution in [2.45, 2.75) is 83.3 Å². The lowest BCUT2D eigenvalue weighted by atomic mass is 9.78. The minimum absolute atomic E-state index is 0.00903. The molecule has 0 amide bonds. The summed E-state index contributed by atoms with van der Waals surface area (Å²) in [6.07, 6.45) is -3.77. The fourth-order valence-electron chi connectivity index (χ4n) is 13.1. The molecule has 15 aromatic rings. The number of nitrogens with zero attached hydrogens (tertiary/aromatic N) is 21. The summed E-state index contributed by atoms with van der Waals surface area (Å²) in [6.45, 7) is 0. The van der Waals surface area contributed by atoms with E-state index in [4.69, 9.17) is 0 Å². The number of nitrogens with one attached hydrogen (secondary N) is 3. The number of aryl methyl sites for hydroxylation is 11. The summed E-state index contributed by atoms with van der Waals surface area (Å²) in [6, 6.07) is 64.5. The Kier molecular flexibility index (Phi) is 32.0. The van der Waals surface area contributed by atoms with Gasteiger partial charge in [-0.1, -0.05) is 170 Å². The molecule has 0 bridgehead atoms. The fraction of sp³-hybridized carbons (Fsp3) is 0.235. The van der Waals surface area contributed by atoms with E-state index >= 15 is 0 Å². The zero-order chi connectivity index (χ0) is 93.9. The molecule has 130 heavy (non-hydrogen) atoms. The van der Waals surface area contributed by atoms with Crippen LogP contribution in [-0.4, -0.2) is 191 Å². The predicted molar refractivity (Wildman–Crippen MR) is 471 cm³/mol. The molecular weight excluding hydrogens is 1770 g/mol. The van der Waals surface area contributed by atoms with Gasteiger partial charge >= 0.3 is 19.5 Å². The van der Waals surface area contributed by atoms with Crippen LogP contribution in [0.3, 0.4) is 0 Å². The van der Waals surface area contributed by atoms with Crippen LogP contribution in [0.5, 0.6) is 0 Å². The monoisotopic (exact) mass is 1860 g/mol. The largest absolute Gasteiger partial charge is 0.488 e. The van der Waals surface area contributed by atoms with Gasteiger partial charge in [-0.05, 0) is 220 Å². The minimum atomic E-state index is -4.45. The number of sulfonamides is 4. The van der Waals surface area contributed by atoms with Crippen molar-refractivity contribution in [3.8, 4) is 56.9 Å². The lowest BCUT2D eigenvalue weighted by Gasteiger charge is -2.14. The molecule has 0 aliphatic rings. The molecule has 0 radical (unpaired) electrons. The fourth-order valence-corrected chi connectivity index (χ4v) is 16.3. The normalized spacial score (nSPS) is 11.8. The van der Waals surface area contributed by atoms with Crippen LogP contribution < -0.4 is 19.6 Å². The number of aromatic nitrogens is 20. The maximum absolute atomic E-state index is 13.0. The Bertz CT molecular complexity index is 6710. The van der Waals surface area contributed by atoms with E-state index in [1.54, 1.807) is 89.8 Å². The van der Waals surface area contributed by atoms with Crippen molar-refractivity contribution in [1.29, 1.82) is 0 Å². The van der Waals surface area contributed by atoms with Crippen LogP contribution >= 0.6 is 0 Å². The topological polar surface area (TPSA) is 434 Å². The average molecular weight is 1860 g/mol. The molecule has 0 aliphatic heterocycles. The molecule has 0 unspecified atom stereocenters. The summed E-state index contributed by atoms with van der Waals surface area (Å²) in [7, 11) is -0.771. The Balaban J connectivity index is 0.000000157. The van der Waals surface area contributed by atoms with Crippen LogP contribution in [0.2, 0.25) is 0 Å². The van der Waals surface area contributed by atoms with Crippen LogP contribution in [0.25, 0.3) is 56.9 Å². The SMILES string of the molecule is CN(C)S(=O)(=O)c1ccc(CCc2ccccc2)c(-c2nnn(C)n2)c1.CNS(=O)(=O)c1ccc(CCc2ccccc2)c(-c2nnn(C)n2)c1.CNS(=O)(=O)c1ccc(CCc2ccccc2)c(-c2nnn(C)n2)c1.CNS(=O)(=O)c1ccc(Cc2cccc(C(F)(F)F)c2)c(-c2nnn(C)n2)c1.Cn1nnc(-c2cc(B(O)O)ccc2Cc2cccc(C(F)(F)F)c2)n1. The first-order valence-corrected chi connectivity index (χ1v) is 45.5. The van der Waals surface area contributed by atoms with Gasteiger partial charge in [0.05, 0.1) is 65.9 Å². The number of benzene rings is 10. The second kappa shape index (κ2) is 42.8. The van der Waals surface area contributed by atoms with E-state index in [1.807, 2.05) is 72.8 Å². The minimum Gasteiger partial charge on any atom is -0.423 e. The third kappa shape index (κ3) is 26.0. The molecule has 0 saturated heterocycles. The van der Waals surface area contributed by atoms with E-state index in [1.165, 1.54) is 123 Å². The molecular formula is C85H89BF6N24O10S4. The summed E-state index contributed by atoms with van der Waals surface area (Å²) in [4.78, 5) is 7.10. The third-order valence-electron chi connectivity index (χ3n) is 19.9. The highest BCUT2D eigenvalue weighted by Gasteiger charge is 2.33. The molecule has 45 heteroatoms. The molecule has 5 heterocycles. The summed E-state index contributed by atoms with van der Waals surface area (Å²) in [5, 5.41) is 78.6. The zero-order valence-corrected chi connectivity index (χ0v) is 74.9. The summed E-state index contributed by atoms with van der Waals surface area (Å²) in [5.41, 5.74) is 10.3. The number of alkyl halides is 6. The van der Waals surface area contributed by atoms with Gasteiger partial charge < -0.3 is 10.0 Å². The Morgan fingerprint density at radius 2 is 0.585 bits per heavy atom. The molecule has 15 rings (SSSR count). The molecule has 34 nitrogen and oxygen atoms in total. The van der Waals surface area contributed by atoms with Gasteiger partial charge in [0.25, 0.3) is 0 Å². The number of halogens is 6. The van der Waals surface area contributed by atoms with Gasteiger partial charge in [0.1, 0.15) is 0 Å². The third-order valence-corrected chi connectivity index (χ3v) is 25.9. The van der Waals surface area contributed by atoms with Crippen LogP contribution in [-0.2, 0) is 139 Å². The molecule has 0 atom stereocenters. The van der Waals surface area contributed by atoms with Crippen molar-refractivity contribution in [1.82, 2.24) is 120 Å². The summed E-state index contributed by atoms with van der Waals surface area (Å²) >= 11 is 0. The molecule has 0 fully saturated rings. The summed E-state index contributed by atoms with van der Waals surface area (Å²) < 4.78 is 183. The number of hydrogen-bond acceptors (Lipinski definition) is 25.